The van der Waals surface area contributed by atoms with Gasteiger partial charge in [0.25, 0.3) is 0 Å². The molecule has 0 amide bonds. The lowest BCUT2D eigenvalue weighted by Gasteiger charge is -2.27. The zero-order valence-electron chi connectivity index (χ0n) is 12.8. The SMILES string of the molecule is CCC(CC)(C(=O)COC(C)C)C(=O)OOC(C)C.[AlH3]. The first-order valence-electron chi connectivity index (χ1n) is 6.82. The van der Waals surface area contributed by atoms with Crippen LogP contribution in [0.2, 0.25) is 0 Å². The van der Waals surface area contributed by atoms with E-state index < -0.39 is 11.4 Å². The van der Waals surface area contributed by atoms with E-state index in [4.69, 9.17) is 14.5 Å². The summed E-state index contributed by atoms with van der Waals surface area (Å²) in [6.45, 7) is 10.7. The van der Waals surface area contributed by atoms with Crippen molar-refractivity contribution in [3.63, 3.8) is 0 Å². The van der Waals surface area contributed by atoms with Gasteiger partial charge in [-0.25, -0.2) is 4.79 Å². The van der Waals surface area contributed by atoms with E-state index in [1.54, 1.807) is 27.7 Å². The molecule has 0 fully saturated rings. The lowest BCUT2D eigenvalue weighted by Crippen LogP contribution is -2.42. The highest BCUT2D eigenvalue weighted by Gasteiger charge is 2.44. The molecule has 5 nitrogen and oxygen atoms in total. The number of ether oxygens (including phenoxy) is 1. The molecule has 0 rings (SSSR count). The molecule has 0 aliphatic heterocycles. The molecule has 118 valence electrons. The molecule has 0 aromatic carbocycles. The number of carbonyl (C=O) groups excluding carboxylic acids is 2. The molecule has 0 atom stereocenters. The Labute approximate surface area is 132 Å². The van der Waals surface area contributed by atoms with Crippen molar-refractivity contribution in [1.82, 2.24) is 0 Å². The summed E-state index contributed by atoms with van der Waals surface area (Å²) in [5, 5.41) is 0. The molecule has 0 aliphatic rings. The van der Waals surface area contributed by atoms with Gasteiger partial charge in [-0.2, -0.15) is 4.89 Å². The molecular formula is C14H29AlO5. The predicted molar refractivity (Wildman–Crippen MR) is 81.4 cm³/mol. The summed E-state index contributed by atoms with van der Waals surface area (Å²) in [4.78, 5) is 33.9. The second-order valence-electron chi connectivity index (χ2n) is 5.09. The maximum absolute atomic E-state index is 12.2. The van der Waals surface area contributed by atoms with Crippen LogP contribution in [-0.2, 0) is 24.1 Å². The van der Waals surface area contributed by atoms with Crippen molar-refractivity contribution in [2.75, 3.05) is 6.61 Å². The molecule has 0 spiro atoms. The Morgan fingerprint density at radius 3 is 1.85 bits per heavy atom. The average molecular weight is 304 g/mol. The van der Waals surface area contributed by atoms with Crippen LogP contribution in [0.3, 0.4) is 0 Å². The fourth-order valence-electron chi connectivity index (χ4n) is 1.65. The van der Waals surface area contributed by atoms with Crippen LogP contribution in [0.25, 0.3) is 0 Å². The van der Waals surface area contributed by atoms with Gasteiger partial charge in [0.1, 0.15) is 12.0 Å². The monoisotopic (exact) mass is 304 g/mol. The summed E-state index contributed by atoms with van der Waals surface area (Å²) < 4.78 is 5.29. The van der Waals surface area contributed by atoms with Gasteiger partial charge in [0, 0.05) is 0 Å². The van der Waals surface area contributed by atoms with Gasteiger partial charge in [0.2, 0.25) is 0 Å². The molecule has 0 unspecified atom stereocenters. The molecule has 6 heteroatoms. The van der Waals surface area contributed by atoms with E-state index in [2.05, 4.69) is 0 Å². The van der Waals surface area contributed by atoms with Crippen LogP contribution in [0.15, 0.2) is 0 Å². The van der Waals surface area contributed by atoms with E-state index in [1.807, 2.05) is 13.8 Å². The molecule has 0 aromatic rings. The predicted octanol–water partition coefficient (Wildman–Crippen LogP) is 1.49. The minimum atomic E-state index is -1.18. The molecule has 0 saturated carbocycles. The van der Waals surface area contributed by atoms with E-state index in [-0.39, 0.29) is 42.0 Å². The van der Waals surface area contributed by atoms with E-state index >= 15 is 0 Å². The molecule has 0 N–H and O–H groups in total. The Hall–Kier alpha value is -0.408. The Morgan fingerprint density at radius 1 is 1.00 bits per heavy atom. The highest BCUT2D eigenvalue weighted by Crippen LogP contribution is 2.30. The number of ketones is 1. The summed E-state index contributed by atoms with van der Waals surface area (Å²) in [7, 11) is 0. The second-order valence-corrected chi connectivity index (χ2v) is 5.09. The number of carbonyl (C=O) groups is 2. The van der Waals surface area contributed by atoms with E-state index in [0.29, 0.717) is 12.8 Å². The van der Waals surface area contributed by atoms with Gasteiger partial charge >= 0.3 is 5.97 Å². The molecule has 0 radical (unpaired) electrons. The van der Waals surface area contributed by atoms with Gasteiger partial charge in [-0.05, 0) is 40.5 Å². The largest absolute Gasteiger partial charge is 0.371 e. The number of hydrogen-bond acceptors (Lipinski definition) is 5. The summed E-state index contributed by atoms with van der Waals surface area (Å²) in [5.41, 5.74) is -1.18. The van der Waals surface area contributed by atoms with Crippen molar-refractivity contribution >= 4 is 29.1 Å². The topological polar surface area (TPSA) is 61.8 Å². The van der Waals surface area contributed by atoms with E-state index in [1.165, 1.54) is 0 Å². The maximum atomic E-state index is 12.2. The first-order chi connectivity index (χ1) is 8.80. The molecule has 0 aromatic heterocycles. The third kappa shape index (κ3) is 6.36. The van der Waals surface area contributed by atoms with Crippen molar-refractivity contribution in [2.24, 2.45) is 5.41 Å². The second kappa shape index (κ2) is 10.3. The van der Waals surface area contributed by atoms with Crippen molar-refractivity contribution in [1.29, 1.82) is 0 Å². The Bertz CT molecular complexity index is 272. The number of hydrogen-bond donors (Lipinski definition) is 0. The summed E-state index contributed by atoms with van der Waals surface area (Å²) in [6, 6.07) is 0. The number of Topliss-reactive ketones (excluding diaryl/α,β-unsaturated/α-hetero) is 1. The summed E-state index contributed by atoms with van der Waals surface area (Å²) in [6.07, 6.45) is 0.435. The van der Waals surface area contributed by atoms with Gasteiger partial charge < -0.3 is 4.74 Å². The lowest BCUT2D eigenvalue weighted by atomic mass is 9.78. The Balaban J connectivity index is 0. The minimum absolute atomic E-state index is 0. The first-order valence-corrected chi connectivity index (χ1v) is 6.82. The molecule has 20 heavy (non-hydrogen) atoms. The molecule has 0 bridgehead atoms. The normalized spacial score (nSPS) is 11.4. The first kappa shape index (κ1) is 21.9. The standard InChI is InChI=1S/C14H26O5.Al.3H/c1-7-14(8-2,12(15)9-17-10(3)4)13(16)19-18-11(5)6;;;;/h10-11H,7-9H2,1-6H3;;;;. The van der Waals surface area contributed by atoms with E-state index in [9.17, 15) is 9.59 Å². The Morgan fingerprint density at radius 2 is 1.50 bits per heavy atom. The zero-order chi connectivity index (χ0) is 15.1. The lowest BCUT2D eigenvalue weighted by molar-refractivity contribution is -0.298. The van der Waals surface area contributed by atoms with Crippen molar-refractivity contribution < 1.29 is 24.1 Å². The van der Waals surface area contributed by atoms with Crippen LogP contribution in [0, 0.1) is 5.41 Å². The third-order valence-electron chi connectivity index (χ3n) is 3.00. The van der Waals surface area contributed by atoms with Crippen LogP contribution < -0.4 is 0 Å². The molecular weight excluding hydrogens is 275 g/mol. The molecule has 0 saturated heterocycles. The van der Waals surface area contributed by atoms with Gasteiger partial charge in [0.05, 0.1) is 12.2 Å². The van der Waals surface area contributed by atoms with Crippen LogP contribution >= 0.6 is 0 Å². The fraction of sp³-hybridized carbons (Fsp3) is 0.857. The highest BCUT2D eigenvalue weighted by atomic mass is 27.0. The van der Waals surface area contributed by atoms with E-state index in [0.717, 1.165) is 0 Å². The zero-order valence-corrected chi connectivity index (χ0v) is 12.8. The Kier molecular flexibility index (Phi) is 11.3. The van der Waals surface area contributed by atoms with Crippen LogP contribution in [-0.4, -0.2) is 47.9 Å². The van der Waals surface area contributed by atoms with Gasteiger partial charge in [-0.3, -0.25) is 9.68 Å². The highest BCUT2D eigenvalue weighted by molar-refractivity contribution is 6.04. The minimum Gasteiger partial charge on any atom is -0.371 e. The van der Waals surface area contributed by atoms with Crippen molar-refractivity contribution in [3.05, 3.63) is 0 Å². The van der Waals surface area contributed by atoms with Crippen LogP contribution in [0.5, 0.6) is 0 Å². The maximum Gasteiger partial charge on any atom is 0.355 e. The summed E-state index contributed by atoms with van der Waals surface area (Å²) in [5.74, 6) is -0.896. The smallest absolute Gasteiger partial charge is 0.355 e. The summed E-state index contributed by atoms with van der Waals surface area (Å²) >= 11 is 0. The number of rotatable bonds is 9. The van der Waals surface area contributed by atoms with Crippen molar-refractivity contribution in [3.8, 4) is 0 Å². The van der Waals surface area contributed by atoms with Gasteiger partial charge in [-0.15, -0.1) is 0 Å². The van der Waals surface area contributed by atoms with Crippen LogP contribution in [0.4, 0.5) is 0 Å². The fourth-order valence-corrected chi connectivity index (χ4v) is 1.65. The molecule has 0 heterocycles. The molecule has 0 aliphatic carbocycles. The quantitative estimate of drug-likeness (QED) is 0.279. The third-order valence-corrected chi connectivity index (χ3v) is 3.00. The van der Waals surface area contributed by atoms with Gasteiger partial charge in [0.15, 0.2) is 23.1 Å². The average Bonchev–Trinajstić information content (AvgIpc) is 2.35. The van der Waals surface area contributed by atoms with Crippen molar-refractivity contribution in [2.45, 2.75) is 66.6 Å². The van der Waals surface area contributed by atoms with Gasteiger partial charge in [-0.1, -0.05) is 13.8 Å². The van der Waals surface area contributed by atoms with Crippen LogP contribution in [0.1, 0.15) is 54.4 Å².